The van der Waals surface area contributed by atoms with Crippen LogP contribution in [-0.2, 0) is 4.79 Å². The van der Waals surface area contributed by atoms with Gasteiger partial charge in [-0.3, -0.25) is 9.59 Å². The minimum Gasteiger partial charge on any atom is -0.356 e. The summed E-state index contributed by atoms with van der Waals surface area (Å²) in [5.74, 6) is 0.916. The molecule has 0 atom stereocenters. The van der Waals surface area contributed by atoms with Crippen LogP contribution in [0.4, 0.5) is 17.2 Å². The molecule has 2 N–H and O–H groups in total. The third-order valence-electron chi connectivity index (χ3n) is 4.18. The van der Waals surface area contributed by atoms with E-state index in [1.165, 1.54) is 13.3 Å². The predicted octanol–water partition coefficient (Wildman–Crippen LogP) is 2.99. The zero-order valence-corrected chi connectivity index (χ0v) is 15.1. The zero-order valence-electron chi connectivity index (χ0n) is 15.1. The molecule has 3 rings (SSSR count). The van der Waals surface area contributed by atoms with E-state index in [9.17, 15) is 9.59 Å². The first-order valence-corrected chi connectivity index (χ1v) is 8.81. The zero-order chi connectivity index (χ0) is 18.5. The van der Waals surface area contributed by atoms with Gasteiger partial charge in [-0.1, -0.05) is 6.07 Å². The largest absolute Gasteiger partial charge is 0.356 e. The van der Waals surface area contributed by atoms with Crippen LogP contribution in [0.3, 0.4) is 0 Å². The van der Waals surface area contributed by atoms with Gasteiger partial charge in [0, 0.05) is 37.5 Å². The van der Waals surface area contributed by atoms with E-state index in [1.54, 1.807) is 37.3 Å². The highest BCUT2D eigenvalue weighted by Crippen LogP contribution is 2.20. The number of hydrogen-bond acceptors (Lipinski definition) is 5. The highest BCUT2D eigenvalue weighted by Gasteiger charge is 2.17. The van der Waals surface area contributed by atoms with Crippen molar-refractivity contribution in [2.24, 2.45) is 0 Å². The number of carbonyl (C=O) groups excluding carboxylic acids is 2. The van der Waals surface area contributed by atoms with Gasteiger partial charge in [-0.2, -0.15) is 0 Å². The van der Waals surface area contributed by atoms with Gasteiger partial charge < -0.3 is 15.5 Å². The summed E-state index contributed by atoms with van der Waals surface area (Å²) in [6.07, 6.45) is 3.51. The molecule has 1 aliphatic heterocycles. The van der Waals surface area contributed by atoms with Crippen LogP contribution in [0.2, 0.25) is 0 Å². The maximum atomic E-state index is 12.6. The maximum absolute atomic E-state index is 12.6. The van der Waals surface area contributed by atoms with Crippen LogP contribution in [0.5, 0.6) is 0 Å². The first-order valence-electron chi connectivity index (χ1n) is 8.81. The van der Waals surface area contributed by atoms with Crippen molar-refractivity contribution in [3.8, 4) is 0 Å². The van der Waals surface area contributed by atoms with Gasteiger partial charge >= 0.3 is 0 Å². The Morgan fingerprint density at radius 2 is 1.69 bits per heavy atom. The molecule has 0 radical (unpaired) electrons. The maximum Gasteiger partial charge on any atom is 0.274 e. The molecule has 7 heteroatoms. The van der Waals surface area contributed by atoms with Gasteiger partial charge in [0.2, 0.25) is 5.91 Å². The highest BCUT2D eigenvalue weighted by molar-refractivity contribution is 6.03. The molecular weight excluding hydrogens is 330 g/mol. The summed E-state index contributed by atoms with van der Waals surface area (Å²) in [6, 6.07) is 8.75. The number of benzene rings is 1. The number of rotatable bonds is 4. The fourth-order valence-electron chi connectivity index (χ4n) is 3.03. The molecule has 0 bridgehead atoms. The average Bonchev–Trinajstić information content (AvgIpc) is 2.61. The second kappa shape index (κ2) is 7.95. The third-order valence-corrected chi connectivity index (χ3v) is 4.18. The topological polar surface area (TPSA) is 87.2 Å². The van der Waals surface area contributed by atoms with Crippen LogP contribution in [0.25, 0.3) is 0 Å². The number of amides is 2. The molecule has 26 heavy (non-hydrogen) atoms. The molecule has 2 heterocycles. The van der Waals surface area contributed by atoms with Crippen molar-refractivity contribution >= 4 is 29.0 Å². The number of anilines is 3. The van der Waals surface area contributed by atoms with Crippen molar-refractivity contribution in [2.75, 3.05) is 28.6 Å². The Bertz CT molecular complexity index is 815. The summed E-state index contributed by atoms with van der Waals surface area (Å²) >= 11 is 0. The normalized spacial score (nSPS) is 14.0. The summed E-state index contributed by atoms with van der Waals surface area (Å²) in [5, 5.41) is 5.53. The number of carbonyl (C=O) groups is 2. The van der Waals surface area contributed by atoms with Crippen molar-refractivity contribution < 1.29 is 9.59 Å². The minimum absolute atomic E-state index is 0.161. The summed E-state index contributed by atoms with van der Waals surface area (Å²) in [6.45, 7) is 5.14. The molecule has 1 aromatic heterocycles. The fourth-order valence-corrected chi connectivity index (χ4v) is 3.03. The molecule has 2 aromatic rings. The third kappa shape index (κ3) is 4.56. The Kier molecular flexibility index (Phi) is 5.46. The molecule has 1 aromatic carbocycles. The lowest BCUT2D eigenvalue weighted by Gasteiger charge is -2.28. The molecule has 136 valence electrons. The smallest absolute Gasteiger partial charge is 0.274 e. The SMILES string of the molecule is CC(=O)Nc1cccc(NC(=O)c2cc(N3CCCCC3)nc(C)n2)c1. The Balaban J connectivity index is 1.77. The summed E-state index contributed by atoms with van der Waals surface area (Å²) in [7, 11) is 0. The Morgan fingerprint density at radius 1 is 1.00 bits per heavy atom. The van der Waals surface area contributed by atoms with Crippen molar-refractivity contribution in [1.82, 2.24) is 9.97 Å². The lowest BCUT2D eigenvalue weighted by atomic mass is 10.1. The molecule has 1 fully saturated rings. The van der Waals surface area contributed by atoms with Gasteiger partial charge in [-0.05, 0) is 44.4 Å². The van der Waals surface area contributed by atoms with Gasteiger partial charge in [-0.15, -0.1) is 0 Å². The van der Waals surface area contributed by atoms with Crippen LogP contribution in [0, 0.1) is 6.92 Å². The number of nitrogens with one attached hydrogen (secondary N) is 2. The van der Waals surface area contributed by atoms with Crippen molar-refractivity contribution in [3.05, 3.63) is 41.9 Å². The van der Waals surface area contributed by atoms with E-state index < -0.39 is 0 Å². The van der Waals surface area contributed by atoms with Crippen LogP contribution >= 0.6 is 0 Å². The average molecular weight is 353 g/mol. The molecule has 0 aliphatic carbocycles. The number of hydrogen-bond donors (Lipinski definition) is 2. The molecule has 0 unspecified atom stereocenters. The van der Waals surface area contributed by atoms with Gasteiger partial charge in [0.05, 0.1) is 0 Å². The summed E-state index contributed by atoms with van der Waals surface area (Å²) in [5.41, 5.74) is 1.56. The lowest BCUT2D eigenvalue weighted by Crippen LogP contribution is -2.31. The molecule has 0 spiro atoms. The van der Waals surface area contributed by atoms with E-state index in [0.717, 1.165) is 31.7 Å². The van der Waals surface area contributed by atoms with Crippen molar-refractivity contribution in [3.63, 3.8) is 0 Å². The fraction of sp³-hybridized carbons (Fsp3) is 0.368. The minimum atomic E-state index is -0.297. The van der Waals surface area contributed by atoms with Gasteiger partial charge in [0.1, 0.15) is 17.3 Å². The predicted molar refractivity (Wildman–Crippen MR) is 102 cm³/mol. The molecular formula is C19H23N5O2. The van der Waals surface area contributed by atoms with Gasteiger partial charge in [-0.25, -0.2) is 9.97 Å². The highest BCUT2D eigenvalue weighted by atomic mass is 16.2. The lowest BCUT2D eigenvalue weighted by molar-refractivity contribution is -0.114. The Labute approximate surface area is 152 Å². The van der Waals surface area contributed by atoms with Gasteiger partial charge in [0.25, 0.3) is 5.91 Å². The second-order valence-corrected chi connectivity index (χ2v) is 6.42. The molecule has 0 saturated carbocycles. The number of aromatic nitrogens is 2. The van der Waals surface area contributed by atoms with E-state index >= 15 is 0 Å². The van der Waals surface area contributed by atoms with E-state index in [0.29, 0.717) is 22.9 Å². The first-order chi connectivity index (χ1) is 12.5. The molecule has 2 amide bonds. The van der Waals surface area contributed by atoms with Crippen LogP contribution < -0.4 is 15.5 Å². The van der Waals surface area contributed by atoms with E-state index in [2.05, 4.69) is 25.5 Å². The monoisotopic (exact) mass is 353 g/mol. The first kappa shape index (κ1) is 17.8. The van der Waals surface area contributed by atoms with Crippen LogP contribution in [0.1, 0.15) is 42.5 Å². The second-order valence-electron chi connectivity index (χ2n) is 6.42. The number of nitrogens with zero attached hydrogens (tertiary/aromatic N) is 3. The number of piperidine rings is 1. The summed E-state index contributed by atoms with van der Waals surface area (Å²) in [4.78, 5) is 34.8. The summed E-state index contributed by atoms with van der Waals surface area (Å²) < 4.78 is 0. The number of aryl methyl sites for hydroxylation is 1. The van der Waals surface area contributed by atoms with Crippen molar-refractivity contribution in [1.29, 1.82) is 0 Å². The quantitative estimate of drug-likeness (QED) is 0.882. The van der Waals surface area contributed by atoms with E-state index in [1.807, 2.05) is 0 Å². The Morgan fingerprint density at radius 3 is 2.38 bits per heavy atom. The molecule has 7 nitrogen and oxygen atoms in total. The Hall–Kier alpha value is -2.96. The van der Waals surface area contributed by atoms with Gasteiger partial charge in [0.15, 0.2) is 0 Å². The molecule has 1 aliphatic rings. The van der Waals surface area contributed by atoms with Crippen LogP contribution in [0.15, 0.2) is 30.3 Å². The van der Waals surface area contributed by atoms with Crippen LogP contribution in [-0.4, -0.2) is 34.9 Å². The standard InChI is InChI=1S/C19H23N5O2/c1-13-20-17(12-18(21-13)24-9-4-3-5-10-24)19(26)23-16-8-6-7-15(11-16)22-14(2)25/h6-8,11-12H,3-5,9-10H2,1-2H3,(H,22,25)(H,23,26). The molecule has 1 saturated heterocycles. The van der Waals surface area contributed by atoms with Crippen molar-refractivity contribution in [2.45, 2.75) is 33.1 Å². The van der Waals surface area contributed by atoms with E-state index in [-0.39, 0.29) is 11.8 Å². The van der Waals surface area contributed by atoms with E-state index in [4.69, 9.17) is 0 Å².